The fraction of sp³-hybridized carbons (Fsp3) is 0.231. The minimum absolute atomic E-state index is 0.453. The van der Waals surface area contributed by atoms with Gasteiger partial charge in [0.05, 0.1) is 11.4 Å². The third-order valence-corrected chi connectivity index (χ3v) is 2.60. The van der Waals surface area contributed by atoms with Gasteiger partial charge in [-0.1, -0.05) is 30.3 Å². The van der Waals surface area contributed by atoms with Crippen molar-refractivity contribution in [3.05, 3.63) is 47.4 Å². The number of hydrogen-bond acceptors (Lipinski definition) is 3. The Labute approximate surface area is 95.4 Å². The van der Waals surface area contributed by atoms with Gasteiger partial charge >= 0.3 is 0 Å². The van der Waals surface area contributed by atoms with E-state index in [0.29, 0.717) is 6.54 Å². The lowest BCUT2D eigenvalue weighted by Gasteiger charge is -2.09. The smallest absolute Gasteiger partial charge is 0.126 e. The lowest BCUT2D eigenvalue weighted by atomic mass is 10.1. The van der Waals surface area contributed by atoms with Crippen LogP contribution >= 0.6 is 0 Å². The summed E-state index contributed by atoms with van der Waals surface area (Å²) in [5, 5.41) is 0. The minimum Gasteiger partial charge on any atom is -0.325 e. The number of nitrogens with two attached hydrogens (primary N) is 1. The van der Waals surface area contributed by atoms with Crippen LogP contribution in [-0.4, -0.2) is 9.97 Å². The first-order valence-corrected chi connectivity index (χ1v) is 5.32. The maximum Gasteiger partial charge on any atom is 0.126 e. The largest absolute Gasteiger partial charge is 0.325 e. The Morgan fingerprint density at radius 1 is 1.06 bits per heavy atom. The van der Waals surface area contributed by atoms with E-state index in [1.54, 1.807) is 0 Å². The molecule has 0 fully saturated rings. The summed E-state index contributed by atoms with van der Waals surface area (Å²) < 4.78 is 0. The van der Waals surface area contributed by atoms with Crippen molar-refractivity contribution in [2.24, 2.45) is 5.73 Å². The molecule has 1 heterocycles. The van der Waals surface area contributed by atoms with Crippen LogP contribution in [0.15, 0.2) is 30.3 Å². The Kier molecular flexibility index (Phi) is 2.97. The normalized spacial score (nSPS) is 10.4. The van der Waals surface area contributed by atoms with Crippen LogP contribution in [0.4, 0.5) is 0 Å². The van der Waals surface area contributed by atoms with Crippen LogP contribution in [0.3, 0.4) is 0 Å². The first-order chi connectivity index (χ1) is 7.72. The van der Waals surface area contributed by atoms with E-state index < -0.39 is 0 Å². The molecule has 1 aromatic heterocycles. The molecule has 3 nitrogen and oxygen atoms in total. The first kappa shape index (κ1) is 10.8. The van der Waals surface area contributed by atoms with E-state index in [4.69, 9.17) is 5.73 Å². The van der Waals surface area contributed by atoms with Crippen molar-refractivity contribution in [3.8, 4) is 11.3 Å². The van der Waals surface area contributed by atoms with Crippen LogP contribution in [0.5, 0.6) is 0 Å². The maximum atomic E-state index is 5.68. The van der Waals surface area contributed by atoms with Crippen molar-refractivity contribution in [1.29, 1.82) is 0 Å². The molecule has 0 bridgehead atoms. The average molecular weight is 213 g/mol. The molecule has 3 heteroatoms. The molecule has 0 aliphatic carbocycles. The molecule has 0 spiro atoms. The fourth-order valence-electron chi connectivity index (χ4n) is 1.76. The zero-order chi connectivity index (χ0) is 11.5. The third-order valence-electron chi connectivity index (χ3n) is 2.60. The monoisotopic (exact) mass is 213 g/mol. The molecule has 2 aromatic rings. The molecule has 82 valence electrons. The SMILES string of the molecule is Cc1nc(CN)c(C)c(-c2ccccc2)n1. The highest BCUT2D eigenvalue weighted by atomic mass is 14.9. The molecule has 0 amide bonds. The van der Waals surface area contributed by atoms with Gasteiger partial charge in [-0.2, -0.15) is 0 Å². The van der Waals surface area contributed by atoms with E-state index in [-0.39, 0.29) is 0 Å². The van der Waals surface area contributed by atoms with Crippen molar-refractivity contribution in [3.63, 3.8) is 0 Å². The Balaban J connectivity index is 2.61. The zero-order valence-electron chi connectivity index (χ0n) is 9.57. The molecule has 0 unspecified atom stereocenters. The molecule has 16 heavy (non-hydrogen) atoms. The van der Waals surface area contributed by atoms with Gasteiger partial charge < -0.3 is 5.73 Å². The van der Waals surface area contributed by atoms with E-state index in [1.165, 1.54) is 0 Å². The highest BCUT2D eigenvalue weighted by Gasteiger charge is 2.09. The summed E-state index contributed by atoms with van der Waals surface area (Å²) in [4.78, 5) is 8.83. The van der Waals surface area contributed by atoms with Gasteiger partial charge in [0.2, 0.25) is 0 Å². The van der Waals surface area contributed by atoms with Gasteiger partial charge in [-0.25, -0.2) is 9.97 Å². The number of rotatable bonds is 2. The molecule has 2 N–H and O–H groups in total. The number of benzene rings is 1. The number of aryl methyl sites for hydroxylation is 1. The predicted octanol–water partition coefficient (Wildman–Crippen LogP) is 2.22. The lowest BCUT2D eigenvalue weighted by molar-refractivity contribution is 0.909. The van der Waals surface area contributed by atoms with Crippen molar-refractivity contribution < 1.29 is 0 Å². The lowest BCUT2D eigenvalue weighted by Crippen LogP contribution is -2.07. The van der Waals surface area contributed by atoms with Crippen LogP contribution in [0.1, 0.15) is 17.1 Å². The second-order valence-corrected chi connectivity index (χ2v) is 3.76. The number of aromatic nitrogens is 2. The van der Waals surface area contributed by atoms with Gasteiger partial charge in [0.15, 0.2) is 0 Å². The fourth-order valence-corrected chi connectivity index (χ4v) is 1.76. The summed E-state index contributed by atoms with van der Waals surface area (Å²) in [5.74, 6) is 0.768. The van der Waals surface area contributed by atoms with E-state index >= 15 is 0 Å². The van der Waals surface area contributed by atoms with Gasteiger partial charge in [0.25, 0.3) is 0 Å². The quantitative estimate of drug-likeness (QED) is 0.832. The van der Waals surface area contributed by atoms with Crippen molar-refractivity contribution >= 4 is 0 Å². The molecular formula is C13H15N3. The Hall–Kier alpha value is -1.74. The maximum absolute atomic E-state index is 5.68. The molecule has 0 saturated heterocycles. The first-order valence-electron chi connectivity index (χ1n) is 5.32. The van der Waals surface area contributed by atoms with E-state index in [1.807, 2.05) is 32.0 Å². The Bertz CT molecular complexity index is 492. The molecule has 2 rings (SSSR count). The van der Waals surface area contributed by atoms with Crippen LogP contribution in [-0.2, 0) is 6.54 Å². The summed E-state index contributed by atoms with van der Waals surface area (Å²) in [6.45, 7) is 4.37. The van der Waals surface area contributed by atoms with Crippen LogP contribution in [0.2, 0.25) is 0 Å². The molecular weight excluding hydrogens is 198 g/mol. The molecule has 0 radical (unpaired) electrons. The Morgan fingerprint density at radius 2 is 1.75 bits per heavy atom. The van der Waals surface area contributed by atoms with Crippen LogP contribution in [0, 0.1) is 13.8 Å². The van der Waals surface area contributed by atoms with Crippen LogP contribution < -0.4 is 5.73 Å². The summed E-state index contributed by atoms with van der Waals surface area (Å²) in [7, 11) is 0. The summed E-state index contributed by atoms with van der Waals surface area (Å²) >= 11 is 0. The van der Waals surface area contributed by atoms with Crippen molar-refractivity contribution in [2.75, 3.05) is 0 Å². The van der Waals surface area contributed by atoms with Crippen LogP contribution in [0.25, 0.3) is 11.3 Å². The Morgan fingerprint density at radius 3 is 2.38 bits per heavy atom. The molecule has 0 aliphatic heterocycles. The third kappa shape index (κ3) is 1.95. The second-order valence-electron chi connectivity index (χ2n) is 3.76. The minimum atomic E-state index is 0.453. The van der Waals surface area contributed by atoms with Gasteiger partial charge in [-0.15, -0.1) is 0 Å². The van der Waals surface area contributed by atoms with Gasteiger partial charge in [-0.05, 0) is 19.4 Å². The van der Waals surface area contributed by atoms with Crippen molar-refractivity contribution in [1.82, 2.24) is 9.97 Å². The van der Waals surface area contributed by atoms with Crippen molar-refractivity contribution in [2.45, 2.75) is 20.4 Å². The van der Waals surface area contributed by atoms with Gasteiger partial charge in [0, 0.05) is 12.1 Å². The summed E-state index contributed by atoms with van der Waals surface area (Å²) in [6, 6.07) is 10.1. The highest BCUT2D eigenvalue weighted by molar-refractivity contribution is 5.63. The van der Waals surface area contributed by atoms with Gasteiger partial charge in [0.1, 0.15) is 5.82 Å². The molecule has 1 aromatic carbocycles. The molecule has 0 atom stereocenters. The number of hydrogen-bond donors (Lipinski definition) is 1. The molecule has 0 saturated carbocycles. The second kappa shape index (κ2) is 4.41. The van der Waals surface area contributed by atoms with Gasteiger partial charge in [-0.3, -0.25) is 0 Å². The topological polar surface area (TPSA) is 51.8 Å². The highest BCUT2D eigenvalue weighted by Crippen LogP contribution is 2.22. The van der Waals surface area contributed by atoms with E-state index in [0.717, 1.165) is 28.3 Å². The average Bonchev–Trinajstić information content (AvgIpc) is 2.33. The van der Waals surface area contributed by atoms with E-state index in [9.17, 15) is 0 Å². The van der Waals surface area contributed by atoms with E-state index in [2.05, 4.69) is 22.1 Å². The summed E-state index contributed by atoms with van der Waals surface area (Å²) in [5.41, 5.74) is 9.76. The number of nitrogens with zero attached hydrogens (tertiary/aromatic N) is 2. The predicted molar refractivity (Wildman–Crippen MR) is 64.8 cm³/mol. The standard InChI is InChI=1S/C13H15N3/c1-9-12(8-14)15-10(2)16-13(9)11-6-4-3-5-7-11/h3-7H,8,14H2,1-2H3. The zero-order valence-corrected chi connectivity index (χ0v) is 9.57. The molecule has 0 aliphatic rings. The summed E-state index contributed by atoms with van der Waals surface area (Å²) in [6.07, 6.45) is 0.